The van der Waals surface area contributed by atoms with Gasteiger partial charge in [0.15, 0.2) is 0 Å². The fourth-order valence-corrected chi connectivity index (χ4v) is 3.87. The van der Waals surface area contributed by atoms with E-state index in [9.17, 15) is 26.4 Å². The molecule has 34 heavy (non-hydrogen) atoms. The van der Waals surface area contributed by atoms with Gasteiger partial charge in [0.05, 0.1) is 10.5 Å². The van der Waals surface area contributed by atoms with Crippen molar-refractivity contribution in [3.63, 3.8) is 0 Å². The second kappa shape index (κ2) is 9.93. The molecule has 0 aliphatic heterocycles. The third kappa shape index (κ3) is 6.56. The number of amides is 2. The molecule has 0 radical (unpaired) electrons. The molecule has 0 spiro atoms. The summed E-state index contributed by atoms with van der Waals surface area (Å²) in [5.74, 6) is -0.146. The van der Waals surface area contributed by atoms with E-state index in [2.05, 4.69) is 15.4 Å². The quantitative estimate of drug-likeness (QED) is 0.251. The summed E-state index contributed by atoms with van der Waals surface area (Å²) in [7, 11) is -3.94. The Balaban J connectivity index is 1.59. The van der Waals surface area contributed by atoms with Gasteiger partial charge in [0.2, 0.25) is 10.0 Å². The summed E-state index contributed by atoms with van der Waals surface area (Å²) in [4.78, 5) is 12.1. The number of hydrogen-bond donors (Lipinski definition) is 5. The van der Waals surface area contributed by atoms with Gasteiger partial charge in [0, 0.05) is 23.5 Å². The zero-order chi connectivity index (χ0) is 24.9. The van der Waals surface area contributed by atoms with Crippen molar-refractivity contribution in [3.8, 4) is 0 Å². The van der Waals surface area contributed by atoms with Crippen LogP contribution in [0, 0.1) is 5.41 Å². The Morgan fingerprint density at radius 3 is 2.12 bits per heavy atom. The Hall–Kier alpha value is -3.90. The second-order valence-corrected chi connectivity index (χ2v) is 8.88. The van der Waals surface area contributed by atoms with E-state index < -0.39 is 27.8 Å². The smallest absolute Gasteiger partial charge is 0.384 e. The number of nitrogens with one attached hydrogen (secondary N) is 4. The lowest BCUT2D eigenvalue weighted by molar-refractivity contribution is -0.137. The van der Waals surface area contributed by atoms with Gasteiger partial charge < -0.3 is 16.4 Å². The van der Waals surface area contributed by atoms with Gasteiger partial charge in [-0.1, -0.05) is 24.3 Å². The molecule has 0 unspecified atom stereocenters. The average Bonchev–Trinajstić information content (AvgIpc) is 2.78. The van der Waals surface area contributed by atoms with E-state index in [1.165, 1.54) is 42.5 Å². The molecule has 0 fully saturated rings. The maximum atomic E-state index is 12.6. The minimum absolute atomic E-state index is 0.0838. The fourth-order valence-electron chi connectivity index (χ4n) is 2.85. The number of rotatable bonds is 7. The maximum absolute atomic E-state index is 12.6. The number of carbonyl (C=O) groups is 1. The Kier molecular flexibility index (Phi) is 7.23. The SMILES string of the molecule is N=C(N)c1cccc(NC(=O)Nc2ccc(S(=O)(=O)NCc3ccc(C(F)(F)F)cc3)cc2)c1. The number of benzene rings is 3. The zero-order valence-electron chi connectivity index (χ0n) is 17.5. The van der Waals surface area contributed by atoms with Gasteiger partial charge in [-0.25, -0.2) is 17.9 Å². The van der Waals surface area contributed by atoms with E-state index in [-0.39, 0.29) is 17.3 Å². The summed E-state index contributed by atoms with van der Waals surface area (Å²) in [6.45, 7) is -0.192. The monoisotopic (exact) mass is 491 g/mol. The molecule has 0 saturated carbocycles. The topological polar surface area (TPSA) is 137 Å². The molecular formula is C22H20F3N5O3S. The highest BCUT2D eigenvalue weighted by atomic mass is 32.2. The Bertz CT molecular complexity index is 1290. The minimum Gasteiger partial charge on any atom is -0.384 e. The lowest BCUT2D eigenvalue weighted by Crippen LogP contribution is -2.23. The number of hydrogen-bond acceptors (Lipinski definition) is 4. The third-order valence-corrected chi connectivity index (χ3v) is 6.02. The van der Waals surface area contributed by atoms with Crippen LogP contribution in [0.25, 0.3) is 0 Å². The van der Waals surface area contributed by atoms with E-state index in [1.807, 2.05) is 0 Å². The van der Waals surface area contributed by atoms with Gasteiger partial charge in [-0.2, -0.15) is 13.2 Å². The molecule has 0 bridgehead atoms. The molecule has 0 atom stereocenters. The van der Waals surface area contributed by atoms with E-state index in [0.29, 0.717) is 22.5 Å². The van der Waals surface area contributed by atoms with E-state index >= 15 is 0 Å². The number of carbonyl (C=O) groups excluding carboxylic acids is 1. The van der Waals surface area contributed by atoms with Crippen LogP contribution in [0.5, 0.6) is 0 Å². The first kappa shape index (κ1) is 24.7. The van der Waals surface area contributed by atoms with E-state index in [1.54, 1.807) is 18.2 Å². The third-order valence-electron chi connectivity index (χ3n) is 4.60. The molecule has 3 aromatic carbocycles. The Morgan fingerprint density at radius 1 is 0.912 bits per heavy atom. The number of halogens is 3. The molecule has 0 aromatic heterocycles. The molecule has 3 aromatic rings. The van der Waals surface area contributed by atoms with Crippen molar-refractivity contribution < 1.29 is 26.4 Å². The molecule has 0 aliphatic rings. The normalized spacial score (nSPS) is 11.6. The number of amidine groups is 1. The first-order valence-electron chi connectivity index (χ1n) is 9.72. The van der Waals surface area contributed by atoms with Crippen LogP contribution in [-0.2, 0) is 22.7 Å². The van der Waals surface area contributed by atoms with Gasteiger partial charge in [0.1, 0.15) is 5.84 Å². The maximum Gasteiger partial charge on any atom is 0.416 e. The van der Waals surface area contributed by atoms with Gasteiger partial charge in [-0.05, 0) is 54.1 Å². The van der Waals surface area contributed by atoms with Gasteiger partial charge in [-0.15, -0.1) is 0 Å². The highest BCUT2D eigenvalue weighted by Crippen LogP contribution is 2.29. The first-order valence-corrected chi connectivity index (χ1v) is 11.2. The van der Waals surface area contributed by atoms with Crippen LogP contribution < -0.4 is 21.1 Å². The number of nitrogens with two attached hydrogens (primary N) is 1. The van der Waals surface area contributed by atoms with Crippen molar-refractivity contribution >= 4 is 33.3 Å². The second-order valence-electron chi connectivity index (χ2n) is 7.12. The molecule has 2 amide bonds. The Labute approximate surface area is 193 Å². The first-order chi connectivity index (χ1) is 15.9. The highest BCUT2D eigenvalue weighted by molar-refractivity contribution is 7.89. The fraction of sp³-hybridized carbons (Fsp3) is 0.0909. The summed E-state index contributed by atoms with van der Waals surface area (Å²) in [5.41, 5.74) is 6.14. The van der Waals surface area contributed by atoms with E-state index in [0.717, 1.165) is 12.1 Å². The molecule has 0 saturated heterocycles. The molecule has 8 nitrogen and oxygen atoms in total. The number of urea groups is 1. The molecule has 12 heteroatoms. The number of alkyl halides is 3. The summed E-state index contributed by atoms with van der Waals surface area (Å²) < 4.78 is 65.2. The van der Waals surface area contributed by atoms with Gasteiger partial charge in [-0.3, -0.25) is 5.41 Å². The zero-order valence-corrected chi connectivity index (χ0v) is 18.3. The number of nitrogen functional groups attached to an aromatic ring is 1. The summed E-state index contributed by atoms with van der Waals surface area (Å²) in [6.07, 6.45) is -4.47. The van der Waals surface area contributed by atoms with Crippen molar-refractivity contribution in [3.05, 3.63) is 89.5 Å². The summed E-state index contributed by atoms with van der Waals surface area (Å²) in [5, 5.41) is 12.6. The van der Waals surface area contributed by atoms with Crippen LogP contribution in [0.1, 0.15) is 16.7 Å². The van der Waals surface area contributed by atoms with Crippen LogP contribution >= 0.6 is 0 Å². The van der Waals surface area contributed by atoms with E-state index in [4.69, 9.17) is 11.1 Å². The molecule has 3 rings (SSSR count). The molecule has 0 aliphatic carbocycles. The summed E-state index contributed by atoms with van der Waals surface area (Å²) >= 11 is 0. The molecule has 6 N–H and O–H groups in total. The van der Waals surface area contributed by atoms with Crippen LogP contribution in [0.3, 0.4) is 0 Å². The van der Waals surface area contributed by atoms with Crippen molar-refractivity contribution in [2.75, 3.05) is 10.6 Å². The highest BCUT2D eigenvalue weighted by Gasteiger charge is 2.30. The van der Waals surface area contributed by atoms with Crippen molar-refractivity contribution in [1.82, 2.24) is 4.72 Å². The lowest BCUT2D eigenvalue weighted by Gasteiger charge is -2.11. The van der Waals surface area contributed by atoms with Crippen LogP contribution in [0.2, 0.25) is 0 Å². The number of sulfonamides is 1. The van der Waals surface area contributed by atoms with Gasteiger partial charge >= 0.3 is 12.2 Å². The summed E-state index contributed by atoms with van der Waals surface area (Å²) in [6, 6.07) is 15.3. The lowest BCUT2D eigenvalue weighted by atomic mass is 10.1. The standard InChI is InChI=1S/C22H20F3N5O3S/c23-22(24,25)16-6-4-14(5-7-16)13-28-34(32,33)19-10-8-17(9-11-19)29-21(31)30-18-3-1-2-15(12-18)20(26)27/h1-12,28H,13H2,(H3,26,27)(H2,29,30,31). The van der Waals surface area contributed by atoms with Crippen molar-refractivity contribution in [2.45, 2.75) is 17.6 Å². The minimum atomic E-state index is -4.47. The Morgan fingerprint density at radius 2 is 1.53 bits per heavy atom. The average molecular weight is 491 g/mol. The number of anilines is 2. The molecular weight excluding hydrogens is 471 g/mol. The van der Waals surface area contributed by atoms with Crippen molar-refractivity contribution in [2.24, 2.45) is 5.73 Å². The van der Waals surface area contributed by atoms with Crippen LogP contribution in [-0.4, -0.2) is 20.3 Å². The van der Waals surface area contributed by atoms with Crippen molar-refractivity contribution in [1.29, 1.82) is 5.41 Å². The molecule has 0 heterocycles. The van der Waals surface area contributed by atoms with Gasteiger partial charge in [0.25, 0.3) is 0 Å². The predicted molar refractivity (Wildman–Crippen MR) is 122 cm³/mol. The van der Waals surface area contributed by atoms with Crippen LogP contribution in [0.15, 0.2) is 77.7 Å². The molecule has 178 valence electrons. The predicted octanol–water partition coefficient (Wildman–Crippen LogP) is 4.11. The largest absolute Gasteiger partial charge is 0.416 e. The van der Waals surface area contributed by atoms with Crippen LogP contribution in [0.4, 0.5) is 29.3 Å².